The van der Waals surface area contributed by atoms with Gasteiger partial charge in [-0.2, -0.15) is 0 Å². The van der Waals surface area contributed by atoms with Crippen LogP contribution in [0.5, 0.6) is 0 Å². The molecule has 0 atom stereocenters. The van der Waals surface area contributed by atoms with E-state index < -0.39 is 4.92 Å². The van der Waals surface area contributed by atoms with Crippen LogP contribution in [-0.4, -0.2) is 31.3 Å². The van der Waals surface area contributed by atoms with E-state index >= 15 is 0 Å². The van der Waals surface area contributed by atoms with Gasteiger partial charge in [-0.05, 0) is 32.9 Å². The average molecular weight is 411 g/mol. The van der Waals surface area contributed by atoms with Crippen molar-refractivity contribution in [3.8, 4) is 11.4 Å². The normalized spacial score (nSPS) is 10.7. The number of anilines is 1. The molecule has 0 unspecified atom stereocenters. The summed E-state index contributed by atoms with van der Waals surface area (Å²) in [5.41, 5.74) is 2.94. The van der Waals surface area contributed by atoms with Gasteiger partial charge in [-0.15, -0.1) is 10.2 Å². The lowest BCUT2D eigenvalue weighted by molar-refractivity contribution is -0.385. The van der Waals surface area contributed by atoms with Gasteiger partial charge in [0.1, 0.15) is 0 Å². The summed E-state index contributed by atoms with van der Waals surface area (Å²) >= 11 is 1.28. The van der Waals surface area contributed by atoms with Crippen molar-refractivity contribution in [1.82, 2.24) is 14.8 Å². The number of benzene rings is 2. The fourth-order valence-corrected chi connectivity index (χ4v) is 3.75. The quantitative estimate of drug-likeness (QED) is 0.355. The van der Waals surface area contributed by atoms with Gasteiger partial charge in [-0.3, -0.25) is 14.9 Å². The summed E-state index contributed by atoms with van der Waals surface area (Å²) in [6, 6.07) is 12.6. The molecule has 0 radical (unpaired) electrons. The number of nitrogens with zero attached hydrogens (tertiary/aromatic N) is 4. The summed E-state index contributed by atoms with van der Waals surface area (Å²) in [5, 5.41) is 23.0. The molecular formula is C20H21N5O3S. The SMILES string of the molecule is CCn1c(SCC(=O)Nc2cccc([N+](=O)[O-])c2C)nnc1-c1cccc(C)c1. The van der Waals surface area contributed by atoms with Crippen molar-refractivity contribution in [3.05, 3.63) is 63.7 Å². The van der Waals surface area contributed by atoms with Crippen molar-refractivity contribution >= 4 is 29.0 Å². The van der Waals surface area contributed by atoms with E-state index in [4.69, 9.17) is 0 Å². The van der Waals surface area contributed by atoms with Gasteiger partial charge in [-0.1, -0.05) is 41.6 Å². The van der Waals surface area contributed by atoms with Crippen molar-refractivity contribution in [2.45, 2.75) is 32.5 Å². The third-order valence-electron chi connectivity index (χ3n) is 4.42. The van der Waals surface area contributed by atoms with E-state index in [1.807, 2.05) is 42.7 Å². The molecule has 0 fully saturated rings. The molecule has 1 amide bonds. The summed E-state index contributed by atoms with van der Waals surface area (Å²) in [5.74, 6) is 0.614. The van der Waals surface area contributed by atoms with Crippen molar-refractivity contribution < 1.29 is 9.72 Å². The summed E-state index contributed by atoms with van der Waals surface area (Å²) in [6.07, 6.45) is 0. The maximum absolute atomic E-state index is 12.4. The molecule has 0 spiro atoms. The van der Waals surface area contributed by atoms with Crippen molar-refractivity contribution in [3.63, 3.8) is 0 Å². The van der Waals surface area contributed by atoms with E-state index in [9.17, 15) is 14.9 Å². The Balaban J connectivity index is 1.71. The summed E-state index contributed by atoms with van der Waals surface area (Å²) in [6.45, 7) is 6.30. The number of aromatic nitrogens is 3. The molecule has 1 aromatic heterocycles. The second kappa shape index (κ2) is 8.87. The highest BCUT2D eigenvalue weighted by Gasteiger charge is 2.17. The van der Waals surface area contributed by atoms with Gasteiger partial charge < -0.3 is 9.88 Å². The lowest BCUT2D eigenvalue weighted by Crippen LogP contribution is -2.15. The molecule has 0 bridgehead atoms. The number of thioether (sulfide) groups is 1. The van der Waals surface area contributed by atoms with Crippen LogP contribution in [0.3, 0.4) is 0 Å². The summed E-state index contributed by atoms with van der Waals surface area (Å²) in [7, 11) is 0. The van der Waals surface area contributed by atoms with E-state index in [1.54, 1.807) is 19.1 Å². The molecule has 29 heavy (non-hydrogen) atoms. The van der Waals surface area contributed by atoms with Crippen LogP contribution in [0.15, 0.2) is 47.6 Å². The first kappa shape index (κ1) is 20.5. The molecule has 150 valence electrons. The first-order valence-corrected chi connectivity index (χ1v) is 10.1. The number of hydrogen-bond donors (Lipinski definition) is 1. The first-order chi connectivity index (χ1) is 13.9. The van der Waals surface area contributed by atoms with Crippen LogP contribution in [0.25, 0.3) is 11.4 Å². The van der Waals surface area contributed by atoms with Crippen molar-refractivity contribution in [2.75, 3.05) is 11.1 Å². The Hall–Kier alpha value is -3.20. The third-order valence-corrected chi connectivity index (χ3v) is 5.38. The molecule has 2 aromatic carbocycles. The molecule has 8 nitrogen and oxygen atoms in total. The first-order valence-electron chi connectivity index (χ1n) is 9.07. The van der Waals surface area contributed by atoms with Crippen molar-refractivity contribution in [2.24, 2.45) is 0 Å². The van der Waals surface area contributed by atoms with E-state index in [2.05, 4.69) is 15.5 Å². The topological polar surface area (TPSA) is 103 Å². The minimum absolute atomic E-state index is 0.0241. The van der Waals surface area contributed by atoms with Crippen LogP contribution >= 0.6 is 11.8 Å². The number of nitro groups is 1. The molecule has 0 aliphatic carbocycles. The molecule has 3 rings (SSSR count). The Bertz CT molecular complexity index is 1060. The van der Waals surface area contributed by atoms with E-state index in [0.29, 0.717) is 23.0 Å². The van der Waals surface area contributed by atoms with Gasteiger partial charge in [0, 0.05) is 18.2 Å². The Morgan fingerprint density at radius 3 is 2.66 bits per heavy atom. The fourth-order valence-electron chi connectivity index (χ4n) is 2.95. The summed E-state index contributed by atoms with van der Waals surface area (Å²) in [4.78, 5) is 23.0. The number of carbonyl (C=O) groups is 1. The van der Waals surface area contributed by atoms with Crippen LogP contribution in [-0.2, 0) is 11.3 Å². The lowest BCUT2D eigenvalue weighted by atomic mass is 10.1. The molecule has 0 aliphatic heterocycles. The number of nitrogens with one attached hydrogen (secondary N) is 1. The molecule has 9 heteroatoms. The van der Waals surface area contributed by atoms with E-state index in [1.165, 1.54) is 17.8 Å². The molecule has 0 saturated carbocycles. The Morgan fingerprint density at radius 2 is 1.97 bits per heavy atom. The summed E-state index contributed by atoms with van der Waals surface area (Å²) < 4.78 is 1.96. The van der Waals surface area contributed by atoms with Crippen LogP contribution in [0.4, 0.5) is 11.4 Å². The maximum Gasteiger partial charge on any atom is 0.274 e. The van der Waals surface area contributed by atoms with Gasteiger partial charge >= 0.3 is 0 Å². The second-order valence-corrected chi connectivity index (χ2v) is 7.41. The molecule has 0 aliphatic rings. The zero-order chi connectivity index (χ0) is 21.0. The maximum atomic E-state index is 12.4. The molecule has 1 N–H and O–H groups in total. The van der Waals surface area contributed by atoms with E-state index in [-0.39, 0.29) is 17.3 Å². The lowest BCUT2D eigenvalue weighted by Gasteiger charge is -2.09. The zero-order valence-electron chi connectivity index (χ0n) is 16.4. The van der Waals surface area contributed by atoms with Gasteiger partial charge in [0.25, 0.3) is 5.69 Å². The van der Waals surface area contributed by atoms with Crippen LogP contribution in [0.2, 0.25) is 0 Å². The van der Waals surface area contributed by atoms with Crippen LogP contribution in [0.1, 0.15) is 18.1 Å². The highest BCUT2D eigenvalue weighted by Crippen LogP contribution is 2.27. The van der Waals surface area contributed by atoms with Gasteiger partial charge in [0.15, 0.2) is 11.0 Å². The fraction of sp³-hybridized carbons (Fsp3) is 0.250. The predicted octanol–water partition coefficient (Wildman–Crippen LogP) is 4.22. The molecule has 3 aromatic rings. The number of amides is 1. The monoisotopic (exact) mass is 411 g/mol. The largest absolute Gasteiger partial charge is 0.325 e. The van der Waals surface area contributed by atoms with Crippen molar-refractivity contribution in [1.29, 1.82) is 0 Å². The molecular weight excluding hydrogens is 390 g/mol. The average Bonchev–Trinajstić information content (AvgIpc) is 3.10. The number of carbonyl (C=O) groups excluding carboxylic acids is 1. The zero-order valence-corrected chi connectivity index (χ0v) is 17.2. The Kier molecular flexibility index (Phi) is 6.28. The molecule has 0 saturated heterocycles. The van der Waals surface area contributed by atoms with Crippen LogP contribution in [0, 0.1) is 24.0 Å². The smallest absolute Gasteiger partial charge is 0.274 e. The number of hydrogen-bond acceptors (Lipinski definition) is 6. The van der Waals surface area contributed by atoms with Gasteiger partial charge in [0.05, 0.1) is 21.9 Å². The molecule has 1 heterocycles. The highest BCUT2D eigenvalue weighted by molar-refractivity contribution is 7.99. The van der Waals surface area contributed by atoms with Gasteiger partial charge in [0.2, 0.25) is 5.91 Å². The number of rotatable bonds is 7. The van der Waals surface area contributed by atoms with Gasteiger partial charge in [-0.25, -0.2) is 0 Å². The van der Waals surface area contributed by atoms with E-state index in [0.717, 1.165) is 17.0 Å². The number of nitro benzene ring substituents is 1. The second-order valence-electron chi connectivity index (χ2n) is 6.46. The number of aryl methyl sites for hydroxylation is 1. The standard InChI is InChI=1S/C20H21N5O3S/c1-4-24-19(15-8-5-7-13(2)11-15)22-23-20(24)29-12-18(26)21-16-9-6-10-17(14(16)3)25(27)28/h5-11H,4,12H2,1-3H3,(H,21,26). The Morgan fingerprint density at radius 1 is 1.21 bits per heavy atom. The minimum Gasteiger partial charge on any atom is -0.325 e. The minimum atomic E-state index is -0.462. The third kappa shape index (κ3) is 4.62. The highest BCUT2D eigenvalue weighted by atomic mass is 32.2. The Labute approximate surface area is 172 Å². The van der Waals surface area contributed by atoms with Crippen LogP contribution < -0.4 is 5.32 Å². The predicted molar refractivity (Wildman–Crippen MR) is 113 cm³/mol.